The first kappa shape index (κ1) is 12.9. The minimum Gasteiger partial charge on any atom is -0.378 e. The molecule has 0 N–H and O–H groups in total. The minimum absolute atomic E-state index is 0.0443. The maximum atomic E-state index is 12.3. The van der Waals surface area contributed by atoms with E-state index in [1.165, 1.54) is 19.3 Å². The summed E-state index contributed by atoms with van der Waals surface area (Å²) in [5.41, 5.74) is 0.590. The molecular weight excluding hydrogens is 262 g/mol. The van der Waals surface area contributed by atoms with Gasteiger partial charge in [0.05, 0.1) is 13.2 Å². The summed E-state index contributed by atoms with van der Waals surface area (Å²) >= 11 is 1.58. The minimum atomic E-state index is 0.0443. The molecule has 2 aliphatic heterocycles. The van der Waals surface area contributed by atoms with Gasteiger partial charge in [0.15, 0.2) is 5.13 Å². The molecule has 3 heterocycles. The third-order valence-corrected chi connectivity index (χ3v) is 4.54. The number of hydrogen-bond donors (Lipinski definition) is 0. The van der Waals surface area contributed by atoms with Gasteiger partial charge in [-0.05, 0) is 19.3 Å². The highest BCUT2D eigenvalue weighted by atomic mass is 32.1. The Bertz CT molecular complexity index is 437. The predicted molar refractivity (Wildman–Crippen MR) is 74.9 cm³/mol. The smallest absolute Gasteiger partial charge is 0.273 e. The van der Waals surface area contributed by atoms with Crippen molar-refractivity contribution in [3.05, 3.63) is 11.1 Å². The SMILES string of the molecule is O=C(c1csc(N2CCCCC2)n1)N1CCOCC1. The fourth-order valence-corrected chi connectivity index (χ4v) is 3.37. The number of morpholine rings is 1. The van der Waals surface area contributed by atoms with Crippen LogP contribution in [0.15, 0.2) is 5.38 Å². The molecule has 1 aromatic heterocycles. The number of thiazole rings is 1. The molecule has 0 aliphatic carbocycles. The van der Waals surface area contributed by atoms with E-state index in [1.807, 2.05) is 10.3 Å². The normalized spacial score (nSPS) is 20.6. The van der Waals surface area contributed by atoms with E-state index in [4.69, 9.17) is 4.74 Å². The van der Waals surface area contributed by atoms with Crippen LogP contribution in [0, 0.1) is 0 Å². The predicted octanol–water partition coefficient (Wildman–Crippen LogP) is 1.61. The van der Waals surface area contributed by atoms with Gasteiger partial charge in [0.25, 0.3) is 5.91 Å². The largest absolute Gasteiger partial charge is 0.378 e. The highest BCUT2D eigenvalue weighted by Crippen LogP contribution is 2.24. The standard InChI is InChI=1S/C13H19N3O2S/c17-12(15-6-8-18-9-7-15)11-10-19-13(14-11)16-4-2-1-3-5-16/h10H,1-9H2. The topological polar surface area (TPSA) is 45.7 Å². The van der Waals surface area contributed by atoms with Crippen LogP contribution in [0.2, 0.25) is 0 Å². The molecule has 0 radical (unpaired) electrons. The van der Waals surface area contributed by atoms with Crippen LogP contribution >= 0.6 is 11.3 Å². The van der Waals surface area contributed by atoms with E-state index in [0.717, 1.165) is 18.2 Å². The van der Waals surface area contributed by atoms with Crippen LogP contribution in [0.1, 0.15) is 29.8 Å². The molecule has 0 saturated carbocycles. The van der Waals surface area contributed by atoms with Gasteiger partial charge in [-0.25, -0.2) is 4.98 Å². The lowest BCUT2D eigenvalue weighted by Gasteiger charge is -2.27. The zero-order valence-corrected chi connectivity index (χ0v) is 11.8. The van der Waals surface area contributed by atoms with Crippen molar-refractivity contribution in [2.75, 3.05) is 44.3 Å². The highest BCUT2D eigenvalue weighted by molar-refractivity contribution is 7.13. The quantitative estimate of drug-likeness (QED) is 0.826. The molecule has 2 fully saturated rings. The summed E-state index contributed by atoms with van der Waals surface area (Å²) in [4.78, 5) is 20.9. The summed E-state index contributed by atoms with van der Waals surface area (Å²) in [5, 5.41) is 2.89. The Kier molecular flexibility index (Phi) is 3.98. The van der Waals surface area contributed by atoms with Crippen LogP contribution in [0.5, 0.6) is 0 Å². The molecule has 2 saturated heterocycles. The number of amides is 1. The Morgan fingerprint density at radius 3 is 2.63 bits per heavy atom. The second kappa shape index (κ2) is 5.88. The number of aromatic nitrogens is 1. The molecule has 0 bridgehead atoms. The Morgan fingerprint density at radius 1 is 1.16 bits per heavy atom. The van der Waals surface area contributed by atoms with Crippen LogP contribution in [0.4, 0.5) is 5.13 Å². The first-order valence-corrected chi connectivity index (χ1v) is 7.80. The zero-order chi connectivity index (χ0) is 13.1. The highest BCUT2D eigenvalue weighted by Gasteiger charge is 2.22. The van der Waals surface area contributed by atoms with Crippen molar-refractivity contribution in [3.63, 3.8) is 0 Å². The maximum absolute atomic E-state index is 12.3. The Morgan fingerprint density at radius 2 is 1.89 bits per heavy atom. The van der Waals surface area contributed by atoms with Crippen LogP contribution in [0.3, 0.4) is 0 Å². The van der Waals surface area contributed by atoms with E-state index in [9.17, 15) is 4.79 Å². The van der Waals surface area contributed by atoms with E-state index in [2.05, 4.69) is 9.88 Å². The zero-order valence-electron chi connectivity index (χ0n) is 11.0. The van der Waals surface area contributed by atoms with E-state index in [-0.39, 0.29) is 5.91 Å². The van der Waals surface area contributed by atoms with Crippen molar-refractivity contribution in [2.24, 2.45) is 0 Å². The third-order valence-electron chi connectivity index (χ3n) is 3.64. The van der Waals surface area contributed by atoms with Crippen molar-refractivity contribution in [3.8, 4) is 0 Å². The summed E-state index contributed by atoms with van der Waals surface area (Å²) < 4.78 is 5.27. The number of anilines is 1. The van der Waals surface area contributed by atoms with Gasteiger partial charge < -0.3 is 14.5 Å². The van der Waals surface area contributed by atoms with Gasteiger partial charge in [-0.3, -0.25) is 4.79 Å². The average Bonchev–Trinajstić information content (AvgIpc) is 2.98. The number of rotatable bonds is 2. The number of ether oxygens (including phenoxy) is 1. The van der Waals surface area contributed by atoms with Crippen molar-refractivity contribution < 1.29 is 9.53 Å². The van der Waals surface area contributed by atoms with Gasteiger partial charge in [0.1, 0.15) is 5.69 Å². The molecule has 19 heavy (non-hydrogen) atoms. The molecule has 6 heteroatoms. The van der Waals surface area contributed by atoms with Crippen molar-refractivity contribution in [1.29, 1.82) is 0 Å². The second-order valence-electron chi connectivity index (χ2n) is 4.97. The van der Waals surface area contributed by atoms with Crippen LogP contribution in [-0.4, -0.2) is 55.2 Å². The molecule has 0 unspecified atom stereocenters. The van der Waals surface area contributed by atoms with Crippen LogP contribution < -0.4 is 4.90 Å². The summed E-state index contributed by atoms with van der Waals surface area (Å²) in [6.07, 6.45) is 3.76. The Hall–Kier alpha value is -1.14. The molecule has 3 rings (SSSR count). The molecular formula is C13H19N3O2S. The van der Waals surface area contributed by atoms with Gasteiger partial charge >= 0.3 is 0 Å². The maximum Gasteiger partial charge on any atom is 0.273 e. The first-order valence-electron chi connectivity index (χ1n) is 6.92. The fourth-order valence-electron chi connectivity index (χ4n) is 2.52. The summed E-state index contributed by atoms with van der Waals surface area (Å²) in [5.74, 6) is 0.0443. The van der Waals surface area contributed by atoms with E-state index in [0.29, 0.717) is 32.0 Å². The summed E-state index contributed by atoms with van der Waals surface area (Å²) in [6, 6.07) is 0. The van der Waals surface area contributed by atoms with Crippen LogP contribution in [-0.2, 0) is 4.74 Å². The van der Waals surface area contributed by atoms with Crippen molar-refractivity contribution >= 4 is 22.4 Å². The molecule has 0 atom stereocenters. The number of piperidine rings is 1. The van der Waals surface area contributed by atoms with E-state index < -0.39 is 0 Å². The molecule has 5 nitrogen and oxygen atoms in total. The second-order valence-corrected chi connectivity index (χ2v) is 5.80. The van der Waals surface area contributed by atoms with Crippen LogP contribution in [0.25, 0.3) is 0 Å². The number of carbonyl (C=O) groups excluding carboxylic acids is 1. The van der Waals surface area contributed by atoms with Gasteiger partial charge in [-0.2, -0.15) is 0 Å². The number of carbonyl (C=O) groups is 1. The Labute approximate surface area is 117 Å². The van der Waals surface area contributed by atoms with Crippen molar-refractivity contribution in [2.45, 2.75) is 19.3 Å². The average molecular weight is 281 g/mol. The first-order chi connectivity index (χ1) is 9.34. The molecule has 104 valence electrons. The lowest BCUT2D eigenvalue weighted by Crippen LogP contribution is -2.40. The lowest BCUT2D eigenvalue weighted by atomic mass is 10.1. The fraction of sp³-hybridized carbons (Fsp3) is 0.692. The molecule has 2 aliphatic rings. The molecule has 0 spiro atoms. The molecule has 0 aromatic carbocycles. The number of hydrogen-bond acceptors (Lipinski definition) is 5. The molecule has 1 amide bonds. The monoisotopic (exact) mass is 281 g/mol. The van der Waals surface area contributed by atoms with E-state index in [1.54, 1.807) is 11.3 Å². The van der Waals surface area contributed by atoms with Gasteiger partial charge in [0.2, 0.25) is 0 Å². The number of nitrogens with zero attached hydrogens (tertiary/aromatic N) is 3. The van der Waals surface area contributed by atoms with Gasteiger partial charge in [0, 0.05) is 31.6 Å². The van der Waals surface area contributed by atoms with E-state index >= 15 is 0 Å². The van der Waals surface area contributed by atoms with Crippen molar-refractivity contribution in [1.82, 2.24) is 9.88 Å². The summed E-state index contributed by atoms with van der Waals surface area (Å²) in [6.45, 7) is 4.76. The van der Waals surface area contributed by atoms with Gasteiger partial charge in [-0.1, -0.05) is 0 Å². The third kappa shape index (κ3) is 2.90. The summed E-state index contributed by atoms with van der Waals surface area (Å²) in [7, 11) is 0. The molecule has 1 aromatic rings. The Balaban J connectivity index is 1.67. The van der Waals surface area contributed by atoms with Gasteiger partial charge in [-0.15, -0.1) is 11.3 Å². The lowest BCUT2D eigenvalue weighted by molar-refractivity contribution is 0.0299.